The second-order valence-electron chi connectivity index (χ2n) is 7.24. The molecule has 0 saturated heterocycles. The Morgan fingerprint density at radius 2 is 1.66 bits per heavy atom. The molecule has 0 radical (unpaired) electrons. The van der Waals surface area contributed by atoms with Crippen LogP contribution in [-0.2, 0) is 13.0 Å². The number of aryl methyl sites for hydroxylation is 2. The largest absolute Gasteiger partial charge is 0.492 e. The summed E-state index contributed by atoms with van der Waals surface area (Å²) >= 11 is 0. The van der Waals surface area contributed by atoms with E-state index in [0.29, 0.717) is 24.0 Å². The van der Waals surface area contributed by atoms with Crippen molar-refractivity contribution in [2.24, 2.45) is 0 Å². The topological polar surface area (TPSA) is 119 Å². The van der Waals surface area contributed by atoms with Gasteiger partial charge in [0.15, 0.2) is 0 Å². The van der Waals surface area contributed by atoms with Gasteiger partial charge in [0.2, 0.25) is 5.88 Å². The van der Waals surface area contributed by atoms with Gasteiger partial charge in [-0.3, -0.25) is 4.68 Å². The molecule has 0 aliphatic heterocycles. The average molecular weight is 426 g/mol. The van der Waals surface area contributed by atoms with Crippen LogP contribution in [0.25, 0.3) is 28.1 Å². The van der Waals surface area contributed by atoms with Crippen molar-refractivity contribution >= 4 is 17.0 Å². The van der Waals surface area contributed by atoms with E-state index in [1.165, 1.54) is 22.6 Å². The van der Waals surface area contributed by atoms with Crippen molar-refractivity contribution in [3.8, 4) is 23.0 Å². The van der Waals surface area contributed by atoms with Crippen LogP contribution in [0.1, 0.15) is 15.9 Å². The molecule has 158 valence electrons. The fourth-order valence-corrected chi connectivity index (χ4v) is 3.51. The van der Waals surface area contributed by atoms with Gasteiger partial charge in [-0.25, -0.2) is 14.5 Å². The van der Waals surface area contributed by atoms with Gasteiger partial charge in [-0.2, -0.15) is 15.2 Å². The zero-order valence-corrected chi connectivity index (χ0v) is 16.8. The van der Waals surface area contributed by atoms with Crippen LogP contribution in [0, 0.1) is 0 Å². The van der Waals surface area contributed by atoms with Crippen LogP contribution in [0.3, 0.4) is 0 Å². The maximum atomic E-state index is 11.1. The first-order valence-corrected chi connectivity index (χ1v) is 9.94. The SMILES string of the molecule is O=C(O)c1cnn(-c2nc(O)c3c(cnn3CCc3ccc(-c4ccccc4)cc3)n2)c1. The van der Waals surface area contributed by atoms with E-state index in [1.807, 2.05) is 18.2 Å². The number of benzene rings is 2. The normalized spacial score (nSPS) is 11.1. The molecule has 3 aromatic heterocycles. The third-order valence-electron chi connectivity index (χ3n) is 5.17. The molecule has 9 nitrogen and oxygen atoms in total. The van der Waals surface area contributed by atoms with Crippen LogP contribution in [0.5, 0.6) is 5.88 Å². The van der Waals surface area contributed by atoms with Crippen molar-refractivity contribution in [2.75, 3.05) is 0 Å². The minimum absolute atomic E-state index is 0.00200. The Hall–Kier alpha value is -4.53. The maximum absolute atomic E-state index is 11.1. The quantitative estimate of drug-likeness (QED) is 0.427. The Kier molecular flexibility index (Phi) is 4.83. The molecule has 0 spiro atoms. The highest BCUT2D eigenvalue weighted by atomic mass is 16.4. The van der Waals surface area contributed by atoms with Crippen LogP contribution in [0.15, 0.2) is 73.2 Å². The number of carboxylic acid groups (broad SMARTS) is 1. The van der Waals surface area contributed by atoms with Gasteiger partial charge in [0.05, 0.1) is 18.0 Å². The van der Waals surface area contributed by atoms with E-state index in [0.717, 1.165) is 11.1 Å². The molecule has 0 bridgehead atoms. The van der Waals surface area contributed by atoms with Crippen LogP contribution in [0.2, 0.25) is 0 Å². The lowest BCUT2D eigenvalue weighted by Crippen LogP contribution is -2.06. The first-order valence-electron chi connectivity index (χ1n) is 9.94. The molecule has 0 fully saturated rings. The van der Waals surface area contributed by atoms with Crippen LogP contribution >= 0.6 is 0 Å². The lowest BCUT2D eigenvalue weighted by Gasteiger charge is -2.07. The third-order valence-corrected chi connectivity index (χ3v) is 5.17. The van der Waals surface area contributed by atoms with Gasteiger partial charge in [0.1, 0.15) is 11.0 Å². The van der Waals surface area contributed by atoms with Crippen LogP contribution in [-0.4, -0.2) is 45.7 Å². The molecule has 9 heteroatoms. The van der Waals surface area contributed by atoms with Crippen molar-refractivity contribution in [1.82, 2.24) is 29.5 Å². The number of carboxylic acids is 1. The number of fused-ring (bicyclic) bond motifs is 1. The summed E-state index contributed by atoms with van der Waals surface area (Å²) in [4.78, 5) is 19.5. The fraction of sp³-hybridized carbons (Fsp3) is 0.0870. The molecule has 0 amide bonds. The van der Waals surface area contributed by atoms with E-state index in [4.69, 9.17) is 5.11 Å². The minimum atomic E-state index is -1.11. The second kappa shape index (κ2) is 7.95. The highest BCUT2D eigenvalue weighted by molar-refractivity contribution is 5.87. The maximum Gasteiger partial charge on any atom is 0.338 e. The molecule has 32 heavy (non-hydrogen) atoms. The van der Waals surface area contributed by atoms with Crippen molar-refractivity contribution in [1.29, 1.82) is 0 Å². The monoisotopic (exact) mass is 426 g/mol. The fourth-order valence-electron chi connectivity index (χ4n) is 3.51. The summed E-state index contributed by atoms with van der Waals surface area (Å²) in [5.41, 5.74) is 4.33. The average Bonchev–Trinajstić information content (AvgIpc) is 3.47. The first kappa shape index (κ1) is 19.4. The van der Waals surface area contributed by atoms with E-state index in [2.05, 4.69) is 56.6 Å². The van der Waals surface area contributed by atoms with Crippen molar-refractivity contribution in [3.05, 3.63) is 84.3 Å². The Morgan fingerprint density at radius 1 is 0.906 bits per heavy atom. The van der Waals surface area contributed by atoms with Crippen molar-refractivity contribution in [2.45, 2.75) is 13.0 Å². The molecule has 0 aliphatic rings. The summed E-state index contributed by atoms with van der Waals surface area (Å²) in [5.74, 6) is -1.28. The molecule has 0 atom stereocenters. The van der Waals surface area contributed by atoms with Gasteiger partial charge in [0.25, 0.3) is 5.95 Å². The van der Waals surface area contributed by atoms with E-state index < -0.39 is 5.97 Å². The number of aromatic nitrogens is 6. The Balaban J connectivity index is 1.35. The zero-order chi connectivity index (χ0) is 22.1. The highest BCUT2D eigenvalue weighted by Gasteiger charge is 2.16. The lowest BCUT2D eigenvalue weighted by atomic mass is 10.0. The number of carbonyl (C=O) groups is 1. The van der Waals surface area contributed by atoms with Crippen molar-refractivity contribution in [3.63, 3.8) is 0 Å². The summed E-state index contributed by atoms with van der Waals surface area (Å²) < 4.78 is 2.86. The summed E-state index contributed by atoms with van der Waals surface area (Å²) in [6.07, 6.45) is 4.74. The third kappa shape index (κ3) is 3.67. The van der Waals surface area contributed by atoms with Gasteiger partial charge >= 0.3 is 5.97 Å². The molecule has 0 saturated carbocycles. The zero-order valence-electron chi connectivity index (χ0n) is 16.8. The Labute approximate surface area is 182 Å². The van der Waals surface area contributed by atoms with Gasteiger partial charge in [0, 0.05) is 12.7 Å². The van der Waals surface area contributed by atoms with E-state index in [-0.39, 0.29) is 17.4 Å². The number of hydrogen-bond acceptors (Lipinski definition) is 6. The molecule has 2 aromatic carbocycles. The molecule has 2 N–H and O–H groups in total. The predicted octanol–water partition coefficient (Wildman–Crippen LogP) is 3.33. The summed E-state index contributed by atoms with van der Waals surface area (Å²) in [5, 5.41) is 27.8. The van der Waals surface area contributed by atoms with Gasteiger partial charge in [-0.05, 0) is 23.1 Å². The second-order valence-corrected chi connectivity index (χ2v) is 7.24. The van der Waals surface area contributed by atoms with Gasteiger partial charge < -0.3 is 10.2 Å². The summed E-state index contributed by atoms with van der Waals surface area (Å²) in [7, 11) is 0. The number of hydrogen-bond donors (Lipinski definition) is 2. The molecule has 0 unspecified atom stereocenters. The minimum Gasteiger partial charge on any atom is -0.492 e. The predicted molar refractivity (Wildman–Crippen MR) is 117 cm³/mol. The Bertz CT molecular complexity index is 1410. The first-order chi connectivity index (χ1) is 15.6. The number of aromatic hydroxyl groups is 1. The summed E-state index contributed by atoms with van der Waals surface area (Å²) in [6, 6.07) is 18.5. The summed E-state index contributed by atoms with van der Waals surface area (Å²) in [6.45, 7) is 0.537. The van der Waals surface area contributed by atoms with Crippen molar-refractivity contribution < 1.29 is 15.0 Å². The molecule has 5 aromatic rings. The number of rotatable bonds is 6. The standard InChI is InChI=1S/C23H18N6O3/c30-21-20-19(26-23(27-21)29-14-18(12-24-29)22(31)32)13-25-28(20)11-10-15-6-8-17(9-7-15)16-4-2-1-3-5-16/h1-9,12-14H,10-11H2,(H,31,32)(H,26,27,30). The molecule has 0 aliphatic carbocycles. The van der Waals surface area contributed by atoms with Crippen LogP contribution < -0.4 is 0 Å². The molecule has 5 rings (SSSR count). The number of nitrogens with zero attached hydrogens (tertiary/aromatic N) is 6. The van der Waals surface area contributed by atoms with Gasteiger partial charge in [-0.1, -0.05) is 54.6 Å². The lowest BCUT2D eigenvalue weighted by molar-refractivity contribution is 0.0697. The van der Waals surface area contributed by atoms with Gasteiger partial charge in [-0.15, -0.1) is 0 Å². The Morgan fingerprint density at radius 3 is 2.38 bits per heavy atom. The molecule has 3 heterocycles. The highest BCUT2D eigenvalue weighted by Crippen LogP contribution is 2.23. The van der Waals surface area contributed by atoms with E-state index in [1.54, 1.807) is 10.9 Å². The smallest absolute Gasteiger partial charge is 0.338 e. The molecular formula is C23H18N6O3. The van der Waals surface area contributed by atoms with E-state index >= 15 is 0 Å². The van der Waals surface area contributed by atoms with Crippen LogP contribution in [0.4, 0.5) is 0 Å². The molecular weight excluding hydrogens is 408 g/mol. The van der Waals surface area contributed by atoms with E-state index in [9.17, 15) is 9.90 Å². The number of aromatic carboxylic acids is 1.